The number of carboxylic acids is 1. The van der Waals surface area contributed by atoms with Crippen molar-refractivity contribution < 1.29 is 65.0 Å². The van der Waals surface area contributed by atoms with Gasteiger partial charge in [0.05, 0.1) is 17.7 Å². The summed E-state index contributed by atoms with van der Waals surface area (Å²) in [5.41, 5.74) is -2.01. The van der Waals surface area contributed by atoms with Gasteiger partial charge in [-0.05, 0) is 39.8 Å². The Morgan fingerprint density at radius 1 is 0.895 bits per heavy atom. The highest BCUT2D eigenvalue weighted by Gasteiger charge is 2.52. The second-order valence-corrected chi connectivity index (χ2v) is 8.44. The summed E-state index contributed by atoms with van der Waals surface area (Å²) in [6, 6.07) is 4.24. The molecule has 2 atom stereocenters. The predicted molar refractivity (Wildman–Crippen MR) is 117 cm³/mol. The van der Waals surface area contributed by atoms with Gasteiger partial charge in [-0.1, -0.05) is 6.07 Å². The van der Waals surface area contributed by atoms with E-state index in [1.54, 1.807) is 27.7 Å². The molecule has 38 heavy (non-hydrogen) atoms. The monoisotopic (exact) mass is 546 g/mol. The SMILES string of the molecule is CC(C)Oc1cccc(OC(C)C)c1C(=O)O[C@@H](C(=O)O)[C@H]1OB(c2c(F)c(F)c(F)c(F)c2F)OC1=O. The molecule has 0 radical (unpaired) electrons. The minimum Gasteiger partial charge on any atom is -0.504 e. The minimum atomic E-state index is -2.53. The molecule has 1 fully saturated rings. The largest absolute Gasteiger partial charge is 0.571 e. The summed E-state index contributed by atoms with van der Waals surface area (Å²) in [4.78, 5) is 37.4. The number of benzene rings is 2. The molecule has 1 aliphatic rings. The fourth-order valence-corrected chi connectivity index (χ4v) is 3.37. The zero-order valence-electron chi connectivity index (χ0n) is 20.2. The Balaban J connectivity index is 1.95. The molecule has 1 N–H and O–H groups in total. The molecule has 0 unspecified atom stereocenters. The maximum absolute atomic E-state index is 14.2. The lowest BCUT2D eigenvalue weighted by Gasteiger charge is -2.21. The van der Waals surface area contributed by atoms with Crippen LogP contribution in [-0.4, -0.2) is 54.5 Å². The van der Waals surface area contributed by atoms with E-state index in [1.165, 1.54) is 18.2 Å². The highest BCUT2D eigenvalue weighted by molar-refractivity contribution is 6.64. The summed E-state index contributed by atoms with van der Waals surface area (Å²) in [6.45, 7) is 6.58. The predicted octanol–water partition coefficient (Wildman–Crippen LogP) is 2.90. The summed E-state index contributed by atoms with van der Waals surface area (Å²) in [7, 11) is -2.53. The van der Waals surface area contributed by atoms with Crippen LogP contribution in [-0.2, 0) is 23.6 Å². The standard InChI is InChI=1S/C23H20BF5O9/c1-8(2)34-10-6-5-7-11(35-9(3)4)12(10)22(32)36-19(21(30)31)20-23(33)38-24(37-20)13-14(25)16(27)18(29)17(28)15(13)26/h5-9,19-20H,1-4H3,(H,30,31)/t19-,20-/m1/s1. The molecular formula is C23H20BF5O9. The summed E-state index contributed by atoms with van der Waals surface area (Å²) in [6.07, 6.45) is -5.70. The number of hydrogen-bond donors (Lipinski definition) is 1. The molecule has 9 nitrogen and oxygen atoms in total. The van der Waals surface area contributed by atoms with Crippen LogP contribution in [0.2, 0.25) is 0 Å². The number of carboxylic acid groups (broad SMARTS) is 1. The number of halogens is 5. The lowest BCUT2D eigenvalue weighted by molar-refractivity contribution is -0.158. The summed E-state index contributed by atoms with van der Waals surface area (Å²) in [5.74, 6) is -16.9. The summed E-state index contributed by atoms with van der Waals surface area (Å²) in [5, 5.41) is 9.62. The number of ether oxygens (including phenoxy) is 3. The normalized spacial score (nSPS) is 16.0. The lowest BCUT2D eigenvalue weighted by atomic mass is 9.78. The lowest BCUT2D eigenvalue weighted by Crippen LogP contribution is -2.44. The fraction of sp³-hybridized carbons (Fsp3) is 0.348. The maximum atomic E-state index is 14.2. The number of carbonyl (C=O) groups excluding carboxylic acids is 2. The first-order valence-corrected chi connectivity index (χ1v) is 11.0. The maximum Gasteiger partial charge on any atom is 0.571 e. The molecule has 1 saturated heterocycles. The highest BCUT2D eigenvalue weighted by Crippen LogP contribution is 2.32. The fourth-order valence-electron chi connectivity index (χ4n) is 3.37. The van der Waals surface area contributed by atoms with Crippen molar-refractivity contribution in [3.63, 3.8) is 0 Å². The van der Waals surface area contributed by atoms with Gasteiger partial charge in [-0.2, -0.15) is 0 Å². The van der Waals surface area contributed by atoms with E-state index in [9.17, 15) is 41.4 Å². The van der Waals surface area contributed by atoms with Gasteiger partial charge in [0, 0.05) is 0 Å². The van der Waals surface area contributed by atoms with Crippen LogP contribution in [0.15, 0.2) is 18.2 Å². The van der Waals surface area contributed by atoms with Crippen LogP contribution < -0.4 is 14.9 Å². The van der Waals surface area contributed by atoms with E-state index >= 15 is 0 Å². The minimum absolute atomic E-state index is 0.0542. The van der Waals surface area contributed by atoms with Crippen molar-refractivity contribution in [3.05, 3.63) is 52.8 Å². The van der Waals surface area contributed by atoms with Gasteiger partial charge in [0.2, 0.25) is 6.10 Å². The van der Waals surface area contributed by atoms with Crippen LogP contribution >= 0.6 is 0 Å². The van der Waals surface area contributed by atoms with E-state index in [0.29, 0.717) is 0 Å². The molecule has 0 amide bonds. The third kappa shape index (κ3) is 5.66. The Morgan fingerprint density at radius 2 is 1.37 bits per heavy atom. The number of aliphatic carboxylic acids is 1. The van der Waals surface area contributed by atoms with Gasteiger partial charge in [0.25, 0.3) is 0 Å². The van der Waals surface area contributed by atoms with Crippen molar-refractivity contribution in [1.29, 1.82) is 0 Å². The highest BCUT2D eigenvalue weighted by atomic mass is 19.2. The van der Waals surface area contributed by atoms with Crippen molar-refractivity contribution >= 4 is 30.5 Å². The average molecular weight is 546 g/mol. The van der Waals surface area contributed by atoms with Gasteiger partial charge in [-0.25, -0.2) is 31.5 Å². The molecule has 2 aromatic carbocycles. The van der Waals surface area contributed by atoms with Crippen LogP contribution in [0, 0.1) is 29.1 Å². The molecule has 0 bridgehead atoms. The Bertz CT molecular complexity index is 1210. The van der Waals surface area contributed by atoms with Crippen molar-refractivity contribution in [2.24, 2.45) is 0 Å². The van der Waals surface area contributed by atoms with Crippen LogP contribution in [0.1, 0.15) is 38.1 Å². The van der Waals surface area contributed by atoms with E-state index < -0.39 is 84.0 Å². The molecule has 2 aromatic rings. The smallest absolute Gasteiger partial charge is 0.504 e. The quantitative estimate of drug-likeness (QED) is 0.167. The third-order valence-corrected chi connectivity index (χ3v) is 4.87. The molecule has 0 spiro atoms. The number of esters is 1. The Labute approximate surface area is 212 Å². The first-order valence-electron chi connectivity index (χ1n) is 11.0. The molecule has 204 valence electrons. The van der Waals surface area contributed by atoms with Crippen LogP contribution in [0.25, 0.3) is 0 Å². The second kappa shape index (κ2) is 11.2. The summed E-state index contributed by atoms with van der Waals surface area (Å²) >= 11 is 0. The van der Waals surface area contributed by atoms with E-state index in [1.807, 2.05) is 0 Å². The topological polar surface area (TPSA) is 118 Å². The average Bonchev–Trinajstić information content (AvgIpc) is 3.19. The zero-order valence-corrected chi connectivity index (χ0v) is 20.2. The molecule has 0 aromatic heterocycles. The van der Waals surface area contributed by atoms with Crippen molar-refractivity contribution in [2.75, 3.05) is 0 Å². The first kappa shape index (κ1) is 28.7. The van der Waals surface area contributed by atoms with Crippen LogP contribution in [0.3, 0.4) is 0 Å². The summed E-state index contributed by atoms with van der Waals surface area (Å²) < 4.78 is 94.5. The van der Waals surface area contributed by atoms with Gasteiger partial charge in [0.15, 0.2) is 35.2 Å². The van der Waals surface area contributed by atoms with Crippen molar-refractivity contribution in [2.45, 2.75) is 52.1 Å². The molecule has 3 rings (SSSR count). The van der Waals surface area contributed by atoms with Crippen molar-refractivity contribution in [3.8, 4) is 11.5 Å². The van der Waals surface area contributed by atoms with Gasteiger partial charge >= 0.3 is 25.0 Å². The van der Waals surface area contributed by atoms with Crippen molar-refractivity contribution in [1.82, 2.24) is 0 Å². The third-order valence-electron chi connectivity index (χ3n) is 4.87. The molecule has 1 heterocycles. The Morgan fingerprint density at radius 3 is 1.82 bits per heavy atom. The van der Waals surface area contributed by atoms with Gasteiger partial charge < -0.3 is 28.6 Å². The van der Waals surface area contributed by atoms with E-state index in [2.05, 4.69) is 4.65 Å². The Hall–Kier alpha value is -3.88. The van der Waals surface area contributed by atoms with E-state index in [4.69, 9.17) is 18.9 Å². The van der Waals surface area contributed by atoms with Crippen LogP contribution in [0.5, 0.6) is 11.5 Å². The van der Waals surface area contributed by atoms with E-state index in [0.717, 1.165) is 0 Å². The Kier molecular flexibility index (Phi) is 8.49. The van der Waals surface area contributed by atoms with Gasteiger partial charge in [-0.3, -0.25) is 4.79 Å². The molecular weight excluding hydrogens is 526 g/mol. The van der Waals surface area contributed by atoms with Crippen LogP contribution in [0.4, 0.5) is 22.0 Å². The molecule has 1 aliphatic heterocycles. The molecule has 0 saturated carbocycles. The molecule has 0 aliphatic carbocycles. The van der Waals surface area contributed by atoms with Gasteiger partial charge in [-0.15, -0.1) is 0 Å². The number of hydrogen-bond acceptors (Lipinski definition) is 8. The van der Waals surface area contributed by atoms with Gasteiger partial charge in [0.1, 0.15) is 17.1 Å². The number of rotatable bonds is 9. The van der Waals surface area contributed by atoms with E-state index in [-0.39, 0.29) is 17.1 Å². The zero-order chi connectivity index (χ0) is 28.5. The number of carbonyl (C=O) groups is 3. The second-order valence-electron chi connectivity index (χ2n) is 8.44. The first-order chi connectivity index (χ1) is 17.7. The molecule has 15 heteroatoms.